The standard InChI is InChI=1S/C23H25N3O3/c1-4-29-23(28)21-16(2)20(22(27)25-14-19-12-8-9-13-24-19)17(3)26(21)15-18-10-6-5-7-11-18/h5-13H,4,14-15H2,1-3H3,(H,25,27). The third kappa shape index (κ3) is 4.54. The summed E-state index contributed by atoms with van der Waals surface area (Å²) < 4.78 is 7.12. The van der Waals surface area contributed by atoms with Gasteiger partial charge in [-0.05, 0) is 44.0 Å². The Morgan fingerprint density at radius 2 is 1.79 bits per heavy atom. The van der Waals surface area contributed by atoms with Gasteiger partial charge in [-0.3, -0.25) is 9.78 Å². The minimum atomic E-state index is -0.423. The highest BCUT2D eigenvalue weighted by atomic mass is 16.5. The van der Waals surface area contributed by atoms with E-state index < -0.39 is 5.97 Å². The lowest BCUT2D eigenvalue weighted by Crippen LogP contribution is -2.24. The summed E-state index contributed by atoms with van der Waals surface area (Å²) in [5.74, 6) is -0.657. The highest BCUT2D eigenvalue weighted by molar-refractivity contribution is 6.01. The Kier molecular flexibility index (Phi) is 6.44. The molecular weight excluding hydrogens is 366 g/mol. The first-order valence-corrected chi connectivity index (χ1v) is 9.61. The van der Waals surface area contributed by atoms with Crippen LogP contribution >= 0.6 is 0 Å². The molecule has 3 aromatic rings. The van der Waals surface area contributed by atoms with Crippen LogP contribution in [0.1, 0.15) is 50.3 Å². The molecule has 2 heterocycles. The molecule has 29 heavy (non-hydrogen) atoms. The number of nitrogens with zero attached hydrogens (tertiary/aromatic N) is 2. The molecule has 0 saturated carbocycles. The zero-order valence-electron chi connectivity index (χ0n) is 16.9. The van der Waals surface area contributed by atoms with Crippen LogP contribution < -0.4 is 5.32 Å². The first kappa shape index (κ1) is 20.3. The summed E-state index contributed by atoms with van der Waals surface area (Å²) in [5, 5.41) is 2.91. The summed E-state index contributed by atoms with van der Waals surface area (Å²) in [6.45, 7) is 6.48. The summed E-state index contributed by atoms with van der Waals surface area (Å²) in [5.41, 5.74) is 4.07. The lowest BCUT2D eigenvalue weighted by Gasteiger charge is -2.12. The normalized spacial score (nSPS) is 10.6. The lowest BCUT2D eigenvalue weighted by atomic mass is 10.1. The smallest absolute Gasteiger partial charge is 0.355 e. The van der Waals surface area contributed by atoms with Gasteiger partial charge < -0.3 is 14.6 Å². The Morgan fingerprint density at radius 3 is 2.45 bits per heavy atom. The van der Waals surface area contributed by atoms with Crippen molar-refractivity contribution in [2.24, 2.45) is 0 Å². The van der Waals surface area contributed by atoms with E-state index in [1.165, 1.54) is 0 Å². The summed E-state index contributed by atoms with van der Waals surface area (Å²) in [6.07, 6.45) is 1.69. The fraction of sp³-hybridized carbons (Fsp3) is 0.261. The minimum absolute atomic E-state index is 0.233. The van der Waals surface area contributed by atoms with Crippen molar-refractivity contribution in [3.63, 3.8) is 0 Å². The molecule has 1 aromatic carbocycles. The predicted octanol–water partition coefficient (Wildman–Crippen LogP) is 3.65. The third-order valence-electron chi connectivity index (χ3n) is 4.80. The predicted molar refractivity (Wildman–Crippen MR) is 111 cm³/mol. The Morgan fingerprint density at radius 1 is 1.07 bits per heavy atom. The number of benzene rings is 1. The van der Waals surface area contributed by atoms with Crippen LogP contribution in [0.25, 0.3) is 0 Å². The van der Waals surface area contributed by atoms with Gasteiger partial charge in [-0.25, -0.2) is 4.79 Å². The molecule has 0 aliphatic carbocycles. The zero-order chi connectivity index (χ0) is 20.8. The van der Waals surface area contributed by atoms with E-state index in [1.54, 1.807) is 20.0 Å². The van der Waals surface area contributed by atoms with E-state index in [0.717, 1.165) is 17.0 Å². The van der Waals surface area contributed by atoms with E-state index in [2.05, 4.69) is 10.3 Å². The molecule has 3 rings (SSSR count). The van der Waals surface area contributed by atoms with Gasteiger partial charge in [0.15, 0.2) is 0 Å². The number of hydrogen-bond acceptors (Lipinski definition) is 4. The highest BCUT2D eigenvalue weighted by Gasteiger charge is 2.27. The summed E-state index contributed by atoms with van der Waals surface area (Å²) in [7, 11) is 0. The molecular formula is C23H25N3O3. The molecule has 0 bridgehead atoms. The minimum Gasteiger partial charge on any atom is -0.461 e. The molecule has 0 saturated heterocycles. The van der Waals surface area contributed by atoms with Gasteiger partial charge in [-0.2, -0.15) is 0 Å². The van der Waals surface area contributed by atoms with Gasteiger partial charge in [0, 0.05) is 18.4 Å². The largest absolute Gasteiger partial charge is 0.461 e. The topological polar surface area (TPSA) is 73.2 Å². The molecule has 0 aliphatic heterocycles. The van der Waals surface area contributed by atoms with Crippen LogP contribution in [0, 0.1) is 13.8 Å². The number of carbonyl (C=O) groups excluding carboxylic acids is 2. The van der Waals surface area contributed by atoms with Gasteiger partial charge in [-0.1, -0.05) is 36.4 Å². The van der Waals surface area contributed by atoms with Crippen molar-refractivity contribution in [2.45, 2.75) is 33.9 Å². The Bertz CT molecular complexity index is 995. The quantitative estimate of drug-likeness (QED) is 0.624. The second-order valence-electron chi connectivity index (χ2n) is 6.73. The fourth-order valence-corrected chi connectivity index (χ4v) is 3.42. The molecule has 0 spiro atoms. The van der Waals surface area contributed by atoms with Crippen LogP contribution in [0.4, 0.5) is 0 Å². The molecule has 2 aromatic heterocycles. The van der Waals surface area contributed by atoms with Crippen molar-refractivity contribution in [1.82, 2.24) is 14.9 Å². The zero-order valence-corrected chi connectivity index (χ0v) is 16.9. The van der Waals surface area contributed by atoms with Crippen LogP contribution in [0.15, 0.2) is 54.7 Å². The van der Waals surface area contributed by atoms with E-state index in [1.807, 2.05) is 60.0 Å². The van der Waals surface area contributed by atoms with E-state index in [-0.39, 0.29) is 12.5 Å². The molecule has 6 nitrogen and oxygen atoms in total. The van der Waals surface area contributed by atoms with Crippen LogP contribution in [0.2, 0.25) is 0 Å². The van der Waals surface area contributed by atoms with E-state index in [0.29, 0.717) is 29.9 Å². The molecule has 150 valence electrons. The number of hydrogen-bond donors (Lipinski definition) is 1. The number of rotatable bonds is 7. The first-order chi connectivity index (χ1) is 14.0. The number of esters is 1. The number of ether oxygens (including phenoxy) is 1. The van der Waals surface area contributed by atoms with Crippen molar-refractivity contribution >= 4 is 11.9 Å². The van der Waals surface area contributed by atoms with Crippen LogP contribution in [0.5, 0.6) is 0 Å². The SMILES string of the molecule is CCOC(=O)c1c(C)c(C(=O)NCc2ccccn2)c(C)n1Cc1ccccc1. The average molecular weight is 391 g/mol. The maximum absolute atomic E-state index is 13.0. The van der Waals surface area contributed by atoms with Crippen molar-refractivity contribution in [3.8, 4) is 0 Å². The van der Waals surface area contributed by atoms with Gasteiger partial charge in [0.2, 0.25) is 0 Å². The summed E-state index contributed by atoms with van der Waals surface area (Å²) >= 11 is 0. The number of carbonyl (C=O) groups is 2. The second-order valence-corrected chi connectivity index (χ2v) is 6.73. The van der Waals surface area contributed by atoms with Gasteiger partial charge in [-0.15, -0.1) is 0 Å². The van der Waals surface area contributed by atoms with E-state index in [4.69, 9.17) is 4.74 Å². The molecule has 0 unspecified atom stereocenters. The summed E-state index contributed by atoms with van der Waals surface area (Å²) in [6, 6.07) is 15.4. The molecule has 1 N–H and O–H groups in total. The van der Waals surface area contributed by atoms with Gasteiger partial charge in [0.05, 0.1) is 24.4 Å². The van der Waals surface area contributed by atoms with Crippen molar-refractivity contribution < 1.29 is 14.3 Å². The fourth-order valence-electron chi connectivity index (χ4n) is 3.42. The Hall–Kier alpha value is -3.41. The van der Waals surface area contributed by atoms with Crippen molar-refractivity contribution in [3.05, 3.63) is 88.5 Å². The van der Waals surface area contributed by atoms with Gasteiger partial charge >= 0.3 is 5.97 Å². The maximum atomic E-state index is 13.0. The van der Waals surface area contributed by atoms with Crippen LogP contribution in [-0.2, 0) is 17.8 Å². The number of pyridine rings is 1. The molecule has 0 fully saturated rings. The number of amides is 1. The second kappa shape index (κ2) is 9.19. The Labute approximate surface area is 170 Å². The number of aromatic nitrogens is 2. The first-order valence-electron chi connectivity index (χ1n) is 9.61. The third-order valence-corrected chi connectivity index (χ3v) is 4.80. The van der Waals surface area contributed by atoms with Crippen LogP contribution in [-0.4, -0.2) is 28.0 Å². The van der Waals surface area contributed by atoms with E-state index in [9.17, 15) is 9.59 Å². The highest BCUT2D eigenvalue weighted by Crippen LogP contribution is 2.24. The van der Waals surface area contributed by atoms with Gasteiger partial charge in [0.1, 0.15) is 5.69 Å². The average Bonchev–Trinajstić information content (AvgIpc) is 2.97. The molecule has 0 aliphatic rings. The Balaban J connectivity index is 1.95. The van der Waals surface area contributed by atoms with Crippen molar-refractivity contribution in [1.29, 1.82) is 0 Å². The number of nitrogens with one attached hydrogen (secondary N) is 1. The molecule has 6 heteroatoms. The molecule has 0 atom stereocenters. The maximum Gasteiger partial charge on any atom is 0.355 e. The summed E-state index contributed by atoms with van der Waals surface area (Å²) in [4.78, 5) is 29.8. The van der Waals surface area contributed by atoms with E-state index >= 15 is 0 Å². The monoisotopic (exact) mass is 391 g/mol. The van der Waals surface area contributed by atoms with Crippen LogP contribution in [0.3, 0.4) is 0 Å². The molecule has 1 amide bonds. The molecule has 0 radical (unpaired) electrons. The lowest BCUT2D eigenvalue weighted by molar-refractivity contribution is 0.0513. The van der Waals surface area contributed by atoms with Crippen molar-refractivity contribution in [2.75, 3.05) is 6.61 Å². The van der Waals surface area contributed by atoms with Gasteiger partial charge in [0.25, 0.3) is 5.91 Å².